The molecule has 1 N–H and O–H groups in total. The molecule has 0 bridgehead atoms. The van der Waals surface area contributed by atoms with Gasteiger partial charge in [0, 0.05) is 22.7 Å². The highest BCUT2D eigenvalue weighted by Crippen LogP contribution is 2.25. The average molecular weight is 391 g/mol. The van der Waals surface area contributed by atoms with Gasteiger partial charge in [-0.3, -0.25) is 4.79 Å². The maximum absolute atomic E-state index is 12.2. The predicted octanol–water partition coefficient (Wildman–Crippen LogP) is 2.81. The molecule has 26 heavy (non-hydrogen) atoms. The molecule has 0 saturated carbocycles. The molecule has 1 saturated heterocycles. The molecule has 1 fully saturated rings. The molecule has 1 aromatic heterocycles. The Labute approximate surface area is 156 Å². The van der Waals surface area contributed by atoms with Crippen LogP contribution in [-0.2, 0) is 14.6 Å². The zero-order valence-corrected chi connectivity index (χ0v) is 15.2. The third kappa shape index (κ3) is 4.34. The molecule has 0 radical (unpaired) electrons. The molecule has 1 aromatic carbocycles. The number of hydrogen-bond donors (Lipinski definition) is 1. The quantitative estimate of drug-likeness (QED) is 0.639. The molecule has 134 valence electrons. The smallest absolute Gasteiger partial charge is 0.262 e. The maximum Gasteiger partial charge on any atom is 0.262 e. The first-order chi connectivity index (χ1) is 12.4. The highest BCUT2D eigenvalue weighted by atomic mass is 35.5. The largest absolute Gasteiger partial charge is 0.457 e. The minimum absolute atomic E-state index is 0.0464. The fraction of sp³-hybridized carbons (Fsp3) is 0.222. The van der Waals surface area contributed by atoms with E-state index in [-0.39, 0.29) is 17.1 Å². The molecule has 1 aliphatic rings. The fourth-order valence-electron chi connectivity index (χ4n) is 2.69. The standard InChI is InChI=1S/C18H15ClN2O4S/c19-14-3-1-2-12(8-14)17-5-4-16(25-17)9-13(10-20)18(22)21-15-6-7-26(23,24)11-15/h1-5,8-9,15H,6-7,11H2,(H,21,22)/b13-9-/t15-/m0/s1. The Morgan fingerprint density at radius 1 is 1.35 bits per heavy atom. The third-order valence-electron chi connectivity index (χ3n) is 3.96. The number of halogens is 1. The maximum atomic E-state index is 12.2. The van der Waals surface area contributed by atoms with E-state index in [1.54, 1.807) is 30.3 Å². The zero-order valence-electron chi connectivity index (χ0n) is 13.6. The number of nitrogens with zero attached hydrogens (tertiary/aromatic N) is 1. The molecule has 1 atom stereocenters. The lowest BCUT2D eigenvalue weighted by atomic mass is 10.2. The molecule has 2 aromatic rings. The molecule has 8 heteroatoms. The van der Waals surface area contributed by atoms with Crippen molar-refractivity contribution < 1.29 is 17.6 Å². The van der Waals surface area contributed by atoms with Gasteiger partial charge in [-0.15, -0.1) is 0 Å². The number of carbonyl (C=O) groups excluding carboxylic acids is 1. The molecule has 0 aliphatic carbocycles. The molecular formula is C18H15ClN2O4S. The van der Waals surface area contributed by atoms with Crippen molar-refractivity contribution in [3.63, 3.8) is 0 Å². The van der Waals surface area contributed by atoms with E-state index in [2.05, 4.69) is 5.32 Å². The predicted molar refractivity (Wildman–Crippen MR) is 97.9 cm³/mol. The van der Waals surface area contributed by atoms with Crippen LogP contribution in [-0.4, -0.2) is 31.9 Å². The Kier molecular flexibility index (Phi) is 5.16. The van der Waals surface area contributed by atoms with Gasteiger partial charge in [0.2, 0.25) is 0 Å². The van der Waals surface area contributed by atoms with Crippen LogP contribution in [0.1, 0.15) is 12.2 Å². The molecule has 6 nitrogen and oxygen atoms in total. The monoisotopic (exact) mass is 390 g/mol. The van der Waals surface area contributed by atoms with Crippen LogP contribution in [0.25, 0.3) is 17.4 Å². The summed E-state index contributed by atoms with van der Waals surface area (Å²) in [6.45, 7) is 0. The SMILES string of the molecule is N#C/C(=C/c1ccc(-c2cccc(Cl)c2)o1)C(=O)N[C@H]1CCS(=O)(=O)C1. The van der Waals surface area contributed by atoms with Gasteiger partial charge < -0.3 is 9.73 Å². The van der Waals surface area contributed by atoms with Gasteiger partial charge in [0.05, 0.1) is 11.5 Å². The summed E-state index contributed by atoms with van der Waals surface area (Å²) in [4.78, 5) is 12.2. The Morgan fingerprint density at radius 2 is 2.15 bits per heavy atom. The van der Waals surface area contributed by atoms with Crippen LogP contribution in [0.2, 0.25) is 5.02 Å². The second-order valence-electron chi connectivity index (χ2n) is 5.96. The van der Waals surface area contributed by atoms with Crippen LogP contribution < -0.4 is 5.32 Å². The van der Waals surface area contributed by atoms with Crippen LogP contribution in [0.15, 0.2) is 46.4 Å². The van der Waals surface area contributed by atoms with Gasteiger partial charge in [0.25, 0.3) is 5.91 Å². The lowest BCUT2D eigenvalue weighted by molar-refractivity contribution is -0.117. The van der Waals surface area contributed by atoms with Crippen LogP contribution in [0, 0.1) is 11.3 Å². The number of carbonyl (C=O) groups is 1. The molecule has 2 heterocycles. The van der Waals surface area contributed by atoms with Gasteiger partial charge in [-0.1, -0.05) is 23.7 Å². The van der Waals surface area contributed by atoms with Gasteiger partial charge >= 0.3 is 0 Å². The molecule has 0 spiro atoms. The topological polar surface area (TPSA) is 100 Å². The van der Waals surface area contributed by atoms with E-state index < -0.39 is 21.8 Å². The van der Waals surface area contributed by atoms with Gasteiger partial charge in [-0.2, -0.15) is 5.26 Å². The van der Waals surface area contributed by atoms with Crippen molar-refractivity contribution in [3.8, 4) is 17.4 Å². The van der Waals surface area contributed by atoms with Crippen molar-refractivity contribution in [2.24, 2.45) is 0 Å². The van der Waals surface area contributed by atoms with E-state index in [1.165, 1.54) is 6.08 Å². The first kappa shape index (κ1) is 18.2. The highest BCUT2D eigenvalue weighted by molar-refractivity contribution is 7.91. The molecule has 1 amide bonds. The molecule has 1 aliphatic heterocycles. The van der Waals surface area contributed by atoms with Crippen LogP contribution in [0.4, 0.5) is 0 Å². The van der Waals surface area contributed by atoms with Crippen LogP contribution in [0.5, 0.6) is 0 Å². The van der Waals surface area contributed by atoms with E-state index >= 15 is 0 Å². The van der Waals surface area contributed by atoms with Crippen molar-refractivity contribution in [1.82, 2.24) is 5.32 Å². The summed E-state index contributed by atoms with van der Waals surface area (Å²) in [5, 5.41) is 12.4. The normalized spacial score (nSPS) is 19.1. The number of hydrogen-bond acceptors (Lipinski definition) is 5. The summed E-state index contributed by atoms with van der Waals surface area (Å²) in [5.74, 6) is 0.223. The summed E-state index contributed by atoms with van der Waals surface area (Å²) in [6.07, 6.45) is 1.68. The van der Waals surface area contributed by atoms with Crippen LogP contribution in [0.3, 0.4) is 0 Å². The highest BCUT2D eigenvalue weighted by Gasteiger charge is 2.29. The van der Waals surface area contributed by atoms with E-state index in [1.807, 2.05) is 12.1 Å². The summed E-state index contributed by atoms with van der Waals surface area (Å²) in [7, 11) is -3.11. The lowest BCUT2D eigenvalue weighted by Crippen LogP contribution is -2.36. The lowest BCUT2D eigenvalue weighted by Gasteiger charge is -2.09. The first-order valence-corrected chi connectivity index (χ1v) is 10.0. The second kappa shape index (κ2) is 7.36. The fourth-order valence-corrected chi connectivity index (χ4v) is 4.55. The minimum atomic E-state index is -3.11. The van der Waals surface area contributed by atoms with E-state index in [9.17, 15) is 18.5 Å². The average Bonchev–Trinajstić information content (AvgIpc) is 3.18. The van der Waals surface area contributed by atoms with Crippen molar-refractivity contribution in [3.05, 3.63) is 52.8 Å². The molecule has 3 rings (SSSR count). The van der Waals surface area contributed by atoms with Gasteiger partial charge in [0.1, 0.15) is 23.2 Å². The van der Waals surface area contributed by atoms with Crippen LogP contribution >= 0.6 is 11.6 Å². The summed E-state index contributed by atoms with van der Waals surface area (Å²) >= 11 is 5.96. The van der Waals surface area contributed by atoms with Crippen molar-refractivity contribution in [2.75, 3.05) is 11.5 Å². The van der Waals surface area contributed by atoms with Gasteiger partial charge in [0.15, 0.2) is 9.84 Å². The van der Waals surface area contributed by atoms with Gasteiger partial charge in [-0.25, -0.2) is 8.42 Å². The number of sulfone groups is 1. The van der Waals surface area contributed by atoms with Crippen molar-refractivity contribution >= 4 is 33.4 Å². The zero-order chi connectivity index (χ0) is 18.7. The Morgan fingerprint density at radius 3 is 2.81 bits per heavy atom. The number of benzene rings is 1. The minimum Gasteiger partial charge on any atom is -0.457 e. The Hall–Kier alpha value is -2.56. The van der Waals surface area contributed by atoms with E-state index in [4.69, 9.17) is 16.0 Å². The number of furan rings is 1. The summed E-state index contributed by atoms with van der Waals surface area (Å²) in [6, 6.07) is 11.8. The number of rotatable bonds is 4. The molecule has 0 unspecified atom stereocenters. The summed E-state index contributed by atoms with van der Waals surface area (Å²) in [5.41, 5.74) is 0.623. The van der Waals surface area contributed by atoms with E-state index in [0.29, 0.717) is 23.0 Å². The van der Waals surface area contributed by atoms with Crippen molar-refractivity contribution in [2.45, 2.75) is 12.5 Å². The Balaban J connectivity index is 1.75. The number of nitriles is 1. The van der Waals surface area contributed by atoms with E-state index in [0.717, 1.165) is 5.56 Å². The second-order valence-corrected chi connectivity index (χ2v) is 8.62. The Bertz CT molecular complexity index is 1020. The number of amides is 1. The molecular weight excluding hydrogens is 376 g/mol. The first-order valence-electron chi connectivity index (χ1n) is 7.85. The van der Waals surface area contributed by atoms with Gasteiger partial charge in [-0.05, 0) is 30.7 Å². The number of nitrogens with one attached hydrogen (secondary N) is 1. The van der Waals surface area contributed by atoms with Crippen molar-refractivity contribution in [1.29, 1.82) is 5.26 Å². The third-order valence-corrected chi connectivity index (χ3v) is 5.96. The summed E-state index contributed by atoms with van der Waals surface area (Å²) < 4.78 is 28.6.